The van der Waals surface area contributed by atoms with E-state index in [1.807, 2.05) is 38.1 Å². The molecule has 0 fully saturated rings. The molecule has 0 aromatic heterocycles. The SMILES string of the molecule is CCCOC(=O)C1=C(C)NC2=C(C(=O)CC(C)(C)C2)[C@H]1c1ccccc1I. The number of nitrogens with one attached hydrogen (secondary N) is 1. The molecule has 1 aliphatic carbocycles. The van der Waals surface area contributed by atoms with E-state index in [-0.39, 0.29) is 23.1 Å². The van der Waals surface area contributed by atoms with Gasteiger partial charge in [0.05, 0.1) is 12.2 Å². The van der Waals surface area contributed by atoms with Gasteiger partial charge in [0.2, 0.25) is 0 Å². The lowest BCUT2D eigenvalue weighted by Gasteiger charge is -2.39. The van der Waals surface area contributed by atoms with Crippen LogP contribution in [0.1, 0.15) is 58.4 Å². The summed E-state index contributed by atoms with van der Waals surface area (Å²) >= 11 is 2.28. The third-order valence-electron chi connectivity index (χ3n) is 5.11. The molecule has 27 heavy (non-hydrogen) atoms. The predicted molar refractivity (Wildman–Crippen MR) is 114 cm³/mol. The highest BCUT2D eigenvalue weighted by Gasteiger charge is 2.43. The van der Waals surface area contributed by atoms with E-state index in [0.717, 1.165) is 38.9 Å². The van der Waals surface area contributed by atoms with Gasteiger partial charge in [-0.2, -0.15) is 0 Å². The van der Waals surface area contributed by atoms with Crippen LogP contribution in [0.4, 0.5) is 0 Å². The molecule has 0 saturated carbocycles. The van der Waals surface area contributed by atoms with Crippen molar-refractivity contribution in [1.82, 2.24) is 5.32 Å². The van der Waals surface area contributed by atoms with Crippen molar-refractivity contribution < 1.29 is 14.3 Å². The van der Waals surface area contributed by atoms with Crippen LogP contribution in [0.25, 0.3) is 0 Å². The van der Waals surface area contributed by atoms with Crippen LogP contribution < -0.4 is 5.32 Å². The molecule has 4 nitrogen and oxygen atoms in total. The van der Waals surface area contributed by atoms with Gasteiger partial charge in [-0.1, -0.05) is 39.0 Å². The van der Waals surface area contributed by atoms with Crippen molar-refractivity contribution in [2.75, 3.05) is 6.61 Å². The summed E-state index contributed by atoms with van der Waals surface area (Å²) < 4.78 is 6.52. The molecule has 0 spiro atoms. The number of esters is 1. The summed E-state index contributed by atoms with van der Waals surface area (Å²) in [4.78, 5) is 26.1. The number of halogens is 1. The van der Waals surface area contributed by atoms with E-state index in [1.54, 1.807) is 0 Å². The fraction of sp³-hybridized carbons (Fsp3) is 0.455. The summed E-state index contributed by atoms with van der Waals surface area (Å²) in [6, 6.07) is 7.95. The maximum atomic E-state index is 13.2. The molecule has 0 saturated heterocycles. The van der Waals surface area contributed by atoms with Crippen molar-refractivity contribution in [3.8, 4) is 0 Å². The number of hydrogen-bond acceptors (Lipinski definition) is 4. The van der Waals surface area contributed by atoms with Crippen molar-refractivity contribution >= 4 is 34.3 Å². The van der Waals surface area contributed by atoms with E-state index >= 15 is 0 Å². The van der Waals surface area contributed by atoms with Crippen LogP contribution in [0.2, 0.25) is 0 Å². The highest BCUT2D eigenvalue weighted by atomic mass is 127. The Bertz CT molecular complexity index is 851. The van der Waals surface area contributed by atoms with E-state index in [2.05, 4.69) is 41.8 Å². The van der Waals surface area contributed by atoms with Crippen molar-refractivity contribution in [1.29, 1.82) is 0 Å². The van der Waals surface area contributed by atoms with Crippen LogP contribution in [0.15, 0.2) is 46.8 Å². The standard InChI is InChI=1S/C22H26INO3/c1-5-10-27-21(26)18-13(2)24-16-11-22(3,4)12-17(25)20(16)19(18)14-8-6-7-9-15(14)23/h6-9,19,24H,5,10-12H2,1-4H3/t19-/m0/s1. The van der Waals surface area contributed by atoms with Gasteiger partial charge in [-0.3, -0.25) is 4.79 Å². The van der Waals surface area contributed by atoms with E-state index < -0.39 is 0 Å². The Morgan fingerprint density at radius 3 is 2.67 bits per heavy atom. The number of ketones is 1. The topological polar surface area (TPSA) is 55.4 Å². The third kappa shape index (κ3) is 3.98. The van der Waals surface area contributed by atoms with E-state index in [1.165, 1.54) is 0 Å². The van der Waals surface area contributed by atoms with Crippen molar-refractivity contribution in [2.45, 2.75) is 52.9 Å². The van der Waals surface area contributed by atoms with Crippen molar-refractivity contribution in [2.24, 2.45) is 5.41 Å². The Hall–Kier alpha value is -1.63. The Labute approximate surface area is 174 Å². The minimum Gasteiger partial charge on any atom is -0.462 e. The average molecular weight is 479 g/mol. The highest BCUT2D eigenvalue weighted by molar-refractivity contribution is 14.1. The molecule has 2 aliphatic rings. The van der Waals surface area contributed by atoms with Gasteiger partial charge < -0.3 is 10.1 Å². The number of Topliss-reactive ketones (excluding diaryl/α,β-unsaturated/α-hetero) is 1. The van der Waals surface area contributed by atoms with E-state index in [0.29, 0.717) is 18.6 Å². The zero-order valence-electron chi connectivity index (χ0n) is 16.3. The molecular weight excluding hydrogens is 453 g/mol. The van der Waals surface area contributed by atoms with Crippen LogP contribution >= 0.6 is 22.6 Å². The second-order valence-electron chi connectivity index (χ2n) is 8.09. The molecule has 1 aromatic rings. The number of hydrogen-bond donors (Lipinski definition) is 1. The molecule has 3 rings (SSSR count). The largest absolute Gasteiger partial charge is 0.462 e. The lowest BCUT2D eigenvalue weighted by molar-refractivity contribution is -0.139. The van der Waals surface area contributed by atoms with Crippen molar-refractivity contribution in [3.63, 3.8) is 0 Å². The van der Waals surface area contributed by atoms with Gasteiger partial charge in [0.1, 0.15) is 0 Å². The van der Waals surface area contributed by atoms with Gasteiger partial charge >= 0.3 is 5.97 Å². The normalized spacial score (nSPS) is 21.7. The first kappa shape index (κ1) is 20.1. The maximum Gasteiger partial charge on any atom is 0.336 e. The monoisotopic (exact) mass is 479 g/mol. The summed E-state index contributed by atoms with van der Waals surface area (Å²) in [5.41, 5.74) is 3.92. The van der Waals surface area contributed by atoms with Gasteiger partial charge in [0.15, 0.2) is 5.78 Å². The predicted octanol–water partition coefficient (Wildman–Crippen LogP) is 4.85. The number of dihydropyridines is 1. The number of benzene rings is 1. The first-order valence-electron chi connectivity index (χ1n) is 9.40. The van der Waals surface area contributed by atoms with Gasteiger partial charge in [0.25, 0.3) is 0 Å². The molecule has 1 atom stereocenters. The Balaban J connectivity index is 2.16. The summed E-state index contributed by atoms with van der Waals surface area (Å²) in [6.45, 7) is 8.48. The molecule has 0 unspecified atom stereocenters. The Morgan fingerprint density at radius 1 is 1.30 bits per heavy atom. The molecule has 5 heteroatoms. The van der Waals surface area contributed by atoms with E-state index in [9.17, 15) is 9.59 Å². The lowest BCUT2D eigenvalue weighted by Crippen LogP contribution is -2.39. The molecule has 0 radical (unpaired) electrons. The second kappa shape index (κ2) is 7.78. The first-order chi connectivity index (χ1) is 12.7. The Kier molecular flexibility index (Phi) is 5.79. The minimum atomic E-state index is -0.373. The van der Waals surface area contributed by atoms with Gasteiger partial charge in [-0.25, -0.2) is 4.79 Å². The highest BCUT2D eigenvalue weighted by Crippen LogP contribution is 2.47. The number of ether oxygens (including phenoxy) is 1. The van der Waals surface area contributed by atoms with Gasteiger partial charge in [-0.15, -0.1) is 0 Å². The van der Waals surface area contributed by atoms with E-state index in [4.69, 9.17) is 4.74 Å². The molecule has 1 N–H and O–H groups in total. The number of carbonyl (C=O) groups is 2. The molecule has 144 valence electrons. The number of rotatable bonds is 4. The third-order valence-corrected chi connectivity index (χ3v) is 6.10. The maximum absolute atomic E-state index is 13.2. The van der Waals surface area contributed by atoms with Gasteiger partial charge in [-0.05, 0) is 59.4 Å². The molecule has 0 bridgehead atoms. The molecule has 1 aliphatic heterocycles. The van der Waals surface area contributed by atoms with Crippen LogP contribution in [0.5, 0.6) is 0 Å². The molecule has 0 amide bonds. The molecular formula is C22H26INO3. The van der Waals surface area contributed by atoms with Gasteiger partial charge in [0, 0.05) is 32.9 Å². The summed E-state index contributed by atoms with van der Waals surface area (Å²) in [6.07, 6.45) is 2.05. The fourth-order valence-electron chi connectivity index (χ4n) is 4.00. The number of allylic oxidation sites excluding steroid dienone is 3. The summed E-state index contributed by atoms with van der Waals surface area (Å²) in [5.74, 6) is -0.593. The summed E-state index contributed by atoms with van der Waals surface area (Å²) in [5, 5.41) is 3.37. The van der Waals surface area contributed by atoms with Crippen LogP contribution in [0.3, 0.4) is 0 Å². The van der Waals surface area contributed by atoms with Crippen LogP contribution in [-0.4, -0.2) is 18.4 Å². The Morgan fingerprint density at radius 2 is 2.00 bits per heavy atom. The lowest BCUT2D eigenvalue weighted by atomic mass is 9.68. The second-order valence-corrected chi connectivity index (χ2v) is 9.25. The average Bonchev–Trinajstić information content (AvgIpc) is 2.57. The van der Waals surface area contributed by atoms with Crippen LogP contribution in [-0.2, 0) is 14.3 Å². The minimum absolute atomic E-state index is 0.0855. The zero-order chi connectivity index (χ0) is 19.8. The fourth-order valence-corrected chi connectivity index (χ4v) is 4.70. The summed E-state index contributed by atoms with van der Waals surface area (Å²) in [7, 11) is 0. The number of carbonyl (C=O) groups excluding carboxylic acids is 2. The van der Waals surface area contributed by atoms with Crippen molar-refractivity contribution in [3.05, 3.63) is 55.9 Å². The quantitative estimate of drug-likeness (QED) is 0.496. The zero-order valence-corrected chi connectivity index (χ0v) is 18.5. The first-order valence-corrected chi connectivity index (χ1v) is 10.5. The molecule has 1 heterocycles. The van der Waals surface area contributed by atoms with Crippen LogP contribution in [0, 0.1) is 8.99 Å². The molecule has 1 aromatic carbocycles. The smallest absolute Gasteiger partial charge is 0.336 e.